The Bertz CT molecular complexity index is 197. The molecule has 0 aromatic carbocycles. The quantitative estimate of drug-likeness (QED) is 0.300. The first-order valence-corrected chi connectivity index (χ1v) is 9.10. The highest BCUT2D eigenvalue weighted by atomic mass is 31.2. The number of hydrogen-bond donors (Lipinski definition) is 4. The molecule has 7 heteroatoms. The molecule has 0 amide bonds. The molecule has 0 aliphatic rings. The first kappa shape index (κ1) is 14.3. The van der Waals surface area contributed by atoms with Crippen LogP contribution < -0.4 is 0 Å². The maximum atomic E-state index is 10.4. The third-order valence-corrected chi connectivity index (χ3v) is 4.05. The zero-order valence-electron chi connectivity index (χ0n) is 8.39. The van der Waals surface area contributed by atoms with Crippen molar-refractivity contribution in [2.75, 3.05) is 6.16 Å². The van der Waals surface area contributed by atoms with Crippen molar-refractivity contribution in [3.8, 4) is 0 Å². The number of unbranched alkanes of at least 4 members (excludes halogenated alkanes) is 3. The predicted molar refractivity (Wildman–Crippen MR) is 56.2 cm³/mol. The summed E-state index contributed by atoms with van der Waals surface area (Å²) in [5, 5.41) is 0. The average Bonchev–Trinajstić information content (AvgIpc) is 1.92. The second kappa shape index (κ2) is 6.00. The summed E-state index contributed by atoms with van der Waals surface area (Å²) in [5.41, 5.74) is 0. The molecule has 0 unspecified atom stereocenters. The van der Waals surface area contributed by atoms with Gasteiger partial charge in [-0.3, -0.25) is 4.57 Å². The van der Waals surface area contributed by atoms with Crippen LogP contribution in [-0.2, 0) is 4.57 Å². The van der Waals surface area contributed by atoms with Gasteiger partial charge in [0.2, 0.25) is 0 Å². The molecule has 5 nitrogen and oxygen atoms in total. The SMILES string of the molecule is C[Si](O)(O)CCCCCCP(=O)(O)O. The molecular formula is C7H19O5PSi. The second-order valence-electron chi connectivity index (χ2n) is 3.77. The Balaban J connectivity index is 3.28. The van der Waals surface area contributed by atoms with E-state index in [2.05, 4.69) is 0 Å². The minimum Gasteiger partial charge on any atom is -0.411 e. The van der Waals surface area contributed by atoms with Gasteiger partial charge in [-0.2, -0.15) is 0 Å². The maximum Gasteiger partial charge on any atom is 0.329 e. The Labute approximate surface area is 85.2 Å². The highest BCUT2D eigenvalue weighted by molar-refractivity contribution is 7.51. The molecule has 0 aromatic rings. The predicted octanol–water partition coefficient (Wildman–Crippen LogP) is 0.781. The molecule has 0 fully saturated rings. The van der Waals surface area contributed by atoms with Crippen LogP contribution in [0.25, 0.3) is 0 Å². The summed E-state index contributed by atoms with van der Waals surface area (Å²) in [6.45, 7) is 1.46. The van der Waals surface area contributed by atoms with Gasteiger partial charge in [0.15, 0.2) is 0 Å². The summed E-state index contributed by atoms with van der Waals surface area (Å²) >= 11 is 0. The van der Waals surface area contributed by atoms with E-state index in [1.807, 2.05) is 0 Å². The molecule has 0 radical (unpaired) electrons. The van der Waals surface area contributed by atoms with Gasteiger partial charge in [0.25, 0.3) is 0 Å². The third kappa shape index (κ3) is 12.3. The zero-order valence-corrected chi connectivity index (χ0v) is 10.3. The molecule has 0 saturated heterocycles. The van der Waals surface area contributed by atoms with E-state index >= 15 is 0 Å². The van der Waals surface area contributed by atoms with Crippen molar-refractivity contribution in [1.29, 1.82) is 0 Å². The highest BCUT2D eigenvalue weighted by Crippen LogP contribution is 2.35. The van der Waals surface area contributed by atoms with Gasteiger partial charge in [-0.25, -0.2) is 0 Å². The minimum atomic E-state index is -3.84. The molecular weight excluding hydrogens is 223 g/mol. The second-order valence-corrected chi connectivity index (χ2v) is 8.48. The highest BCUT2D eigenvalue weighted by Gasteiger charge is 2.19. The van der Waals surface area contributed by atoms with Gasteiger partial charge in [0.1, 0.15) is 0 Å². The van der Waals surface area contributed by atoms with Crippen molar-refractivity contribution in [3.63, 3.8) is 0 Å². The van der Waals surface area contributed by atoms with Crippen LogP contribution in [0.2, 0.25) is 12.6 Å². The van der Waals surface area contributed by atoms with Crippen LogP contribution in [0.1, 0.15) is 25.7 Å². The van der Waals surface area contributed by atoms with E-state index < -0.39 is 16.2 Å². The normalized spacial score (nSPS) is 13.2. The Morgan fingerprint density at radius 1 is 1.07 bits per heavy atom. The standard InChI is InChI=1S/C7H19O5PSi/c1-14(11,12)7-5-3-2-4-6-13(8,9)10/h11-12H,2-7H2,1H3,(H2,8,9,10). The van der Waals surface area contributed by atoms with E-state index in [1.165, 1.54) is 6.55 Å². The summed E-state index contributed by atoms with van der Waals surface area (Å²) in [6.07, 6.45) is 2.68. The van der Waals surface area contributed by atoms with Gasteiger partial charge in [-0.1, -0.05) is 19.3 Å². The fourth-order valence-corrected chi connectivity index (χ4v) is 2.69. The third-order valence-electron chi connectivity index (χ3n) is 1.85. The smallest absolute Gasteiger partial charge is 0.329 e. The summed E-state index contributed by atoms with van der Waals surface area (Å²) < 4.78 is 10.4. The van der Waals surface area contributed by atoms with Crippen LogP contribution in [0.15, 0.2) is 0 Å². The van der Waals surface area contributed by atoms with Crippen LogP contribution in [-0.4, -0.2) is 34.1 Å². The Morgan fingerprint density at radius 3 is 2.00 bits per heavy atom. The largest absolute Gasteiger partial charge is 0.411 e. The van der Waals surface area contributed by atoms with Gasteiger partial charge in [0.05, 0.1) is 0 Å². The molecule has 0 atom stereocenters. The number of hydrogen-bond acceptors (Lipinski definition) is 3. The van der Waals surface area contributed by atoms with Crippen LogP contribution in [0, 0.1) is 0 Å². The molecule has 4 N–H and O–H groups in total. The van der Waals surface area contributed by atoms with E-state index in [4.69, 9.17) is 19.4 Å². The first-order chi connectivity index (χ1) is 6.21. The zero-order chi connectivity index (χ0) is 11.2. The summed E-state index contributed by atoms with van der Waals surface area (Å²) in [7, 11) is -6.74. The molecule has 0 spiro atoms. The van der Waals surface area contributed by atoms with E-state index in [9.17, 15) is 4.57 Å². The molecule has 0 saturated carbocycles. The fraction of sp³-hybridized carbons (Fsp3) is 1.00. The van der Waals surface area contributed by atoms with Gasteiger partial charge < -0.3 is 19.4 Å². The van der Waals surface area contributed by atoms with Crippen molar-refractivity contribution in [1.82, 2.24) is 0 Å². The molecule has 14 heavy (non-hydrogen) atoms. The fourth-order valence-electron chi connectivity index (χ4n) is 1.13. The lowest BCUT2D eigenvalue weighted by Crippen LogP contribution is -2.29. The van der Waals surface area contributed by atoms with Gasteiger partial charge >= 0.3 is 16.2 Å². The molecule has 0 aliphatic heterocycles. The van der Waals surface area contributed by atoms with Crippen molar-refractivity contribution >= 4 is 16.2 Å². The summed E-state index contributed by atoms with van der Waals surface area (Å²) in [4.78, 5) is 35.2. The molecule has 0 rings (SSSR count). The minimum absolute atomic E-state index is 0.0695. The lowest BCUT2D eigenvalue weighted by molar-refractivity contribution is 0.363. The Kier molecular flexibility index (Phi) is 6.12. The molecule has 0 bridgehead atoms. The van der Waals surface area contributed by atoms with Crippen molar-refractivity contribution in [3.05, 3.63) is 0 Å². The van der Waals surface area contributed by atoms with E-state index in [0.29, 0.717) is 12.5 Å². The molecule has 0 aliphatic carbocycles. The maximum absolute atomic E-state index is 10.4. The lowest BCUT2D eigenvalue weighted by Gasteiger charge is -2.10. The Morgan fingerprint density at radius 2 is 1.57 bits per heavy atom. The number of rotatable bonds is 7. The average molecular weight is 242 g/mol. The van der Waals surface area contributed by atoms with E-state index in [-0.39, 0.29) is 6.16 Å². The van der Waals surface area contributed by atoms with E-state index in [0.717, 1.165) is 19.3 Å². The van der Waals surface area contributed by atoms with Crippen LogP contribution in [0.3, 0.4) is 0 Å². The van der Waals surface area contributed by atoms with Crippen LogP contribution in [0.4, 0.5) is 0 Å². The van der Waals surface area contributed by atoms with Crippen molar-refractivity contribution in [2.24, 2.45) is 0 Å². The molecule has 86 valence electrons. The van der Waals surface area contributed by atoms with Gasteiger partial charge in [-0.05, 0) is 19.0 Å². The Hall–Kier alpha value is 0.287. The topological polar surface area (TPSA) is 98.0 Å². The van der Waals surface area contributed by atoms with Crippen LogP contribution >= 0.6 is 7.60 Å². The van der Waals surface area contributed by atoms with Gasteiger partial charge in [-0.15, -0.1) is 0 Å². The van der Waals surface area contributed by atoms with Gasteiger partial charge in [0, 0.05) is 6.16 Å². The van der Waals surface area contributed by atoms with Crippen molar-refractivity contribution in [2.45, 2.75) is 38.3 Å². The molecule has 0 heterocycles. The first-order valence-electron chi connectivity index (χ1n) is 4.70. The van der Waals surface area contributed by atoms with Crippen LogP contribution in [0.5, 0.6) is 0 Å². The van der Waals surface area contributed by atoms with E-state index in [1.54, 1.807) is 0 Å². The molecule has 0 aromatic heterocycles. The summed E-state index contributed by atoms with van der Waals surface area (Å²) in [6, 6.07) is 0.433. The van der Waals surface area contributed by atoms with Crippen molar-refractivity contribution < 1.29 is 23.9 Å². The lowest BCUT2D eigenvalue weighted by atomic mass is 10.2. The summed E-state index contributed by atoms with van der Waals surface area (Å²) in [5.74, 6) is 0. The monoisotopic (exact) mass is 242 g/mol.